The smallest absolute Gasteiger partial charge is 0.307 e. The molecule has 0 saturated carbocycles. The molecule has 0 aliphatic heterocycles. The largest absolute Gasteiger partial charge is 0.481 e. The molecule has 1 N–H and O–H groups in total. The summed E-state index contributed by atoms with van der Waals surface area (Å²) in [4.78, 5) is 10.3. The number of rotatable bonds is 2. The Bertz CT molecular complexity index is 267. The minimum atomic E-state index is -0.778. The van der Waals surface area contributed by atoms with Crippen molar-refractivity contribution in [2.45, 2.75) is 41.0 Å². The zero-order valence-corrected chi connectivity index (χ0v) is 10.4. The van der Waals surface area contributed by atoms with E-state index in [9.17, 15) is 4.79 Å². The molecular weight excluding hydrogens is 188 g/mol. The quantitative estimate of drug-likeness (QED) is 0.808. The number of aliphatic carboxylic acids is 1. The lowest BCUT2D eigenvalue weighted by Gasteiger charge is -1.99. The SMILES string of the molecule is CC.CC.Cc1ccccc1CC(=O)O. The molecule has 1 aromatic rings. The summed E-state index contributed by atoms with van der Waals surface area (Å²) in [6.45, 7) is 9.91. The van der Waals surface area contributed by atoms with Crippen LogP contribution >= 0.6 is 0 Å². The Morgan fingerprint density at radius 2 is 1.60 bits per heavy atom. The number of carboxylic acid groups (broad SMARTS) is 1. The van der Waals surface area contributed by atoms with Crippen molar-refractivity contribution in [3.8, 4) is 0 Å². The molecule has 1 aromatic carbocycles. The number of hydrogen-bond donors (Lipinski definition) is 1. The maximum atomic E-state index is 10.3. The molecule has 0 heterocycles. The van der Waals surface area contributed by atoms with Gasteiger partial charge < -0.3 is 5.11 Å². The van der Waals surface area contributed by atoms with Crippen LogP contribution < -0.4 is 0 Å². The predicted octanol–water partition coefficient (Wildman–Crippen LogP) is 3.67. The summed E-state index contributed by atoms with van der Waals surface area (Å²) < 4.78 is 0. The van der Waals surface area contributed by atoms with Gasteiger partial charge in [0.1, 0.15) is 0 Å². The van der Waals surface area contributed by atoms with E-state index in [1.807, 2.05) is 58.9 Å². The summed E-state index contributed by atoms with van der Waals surface area (Å²) in [7, 11) is 0. The van der Waals surface area contributed by atoms with Gasteiger partial charge in [0, 0.05) is 0 Å². The highest BCUT2D eigenvalue weighted by atomic mass is 16.4. The summed E-state index contributed by atoms with van der Waals surface area (Å²) >= 11 is 0. The van der Waals surface area contributed by atoms with Gasteiger partial charge in [0.15, 0.2) is 0 Å². The first-order valence-corrected chi connectivity index (χ1v) is 5.46. The van der Waals surface area contributed by atoms with Crippen LogP contribution in [0.15, 0.2) is 24.3 Å². The van der Waals surface area contributed by atoms with E-state index in [4.69, 9.17) is 5.11 Å². The van der Waals surface area contributed by atoms with Crippen LogP contribution in [0, 0.1) is 6.92 Å². The molecule has 0 radical (unpaired) electrons. The van der Waals surface area contributed by atoms with Gasteiger partial charge in [0.25, 0.3) is 0 Å². The third-order valence-electron chi connectivity index (χ3n) is 1.60. The predicted molar refractivity (Wildman–Crippen MR) is 65.2 cm³/mol. The second-order valence-corrected chi connectivity index (χ2v) is 2.50. The van der Waals surface area contributed by atoms with Crippen LogP contribution in [0.5, 0.6) is 0 Å². The lowest BCUT2D eigenvalue weighted by Crippen LogP contribution is -2.01. The Kier molecular flexibility index (Phi) is 11.6. The number of hydrogen-bond acceptors (Lipinski definition) is 1. The van der Waals surface area contributed by atoms with Gasteiger partial charge in [-0.25, -0.2) is 0 Å². The van der Waals surface area contributed by atoms with Crippen molar-refractivity contribution in [1.29, 1.82) is 0 Å². The van der Waals surface area contributed by atoms with Crippen molar-refractivity contribution in [1.82, 2.24) is 0 Å². The zero-order valence-electron chi connectivity index (χ0n) is 10.4. The number of carbonyl (C=O) groups is 1. The fraction of sp³-hybridized carbons (Fsp3) is 0.462. The highest BCUT2D eigenvalue weighted by Gasteiger charge is 2.01. The standard InChI is InChI=1S/C9H10O2.2C2H6/c1-7-4-2-3-5-8(7)6-9(10)11;2*1-2/h2-5H,6H2,1H3,(H,10,11);2*1-2H3. The summed E-state index contributed by atoms with van der Waals surface area (Å²) in [6, 6.07) is 7.51. The summed E-state index contributed by atoms with van der Waals surface area (Å²) in [5.74, 6) is -0.778. The molecule has 15 heavy (non-hydrogen) atoms. The van der Waals surface area contributed by atoms with Crippen LogP contribution in [0.2, 0.25) is 0 Å². The Morgan fingerprint density at radius 1 is 1.13 bits per heavy atom. The van der Waals surface area contributed by atoms with E-state index in [0.717, 1.165) is 11.1 Å². The lowest BCUT2D eigenvalue weighted by atomic mass is 10.1. The topological polar surface area (TPSA) is 37.3 Å². The molecule has 0 unspecified atom stereocenters. The van der Waals surface area contributed by atoms with Gasteiger partial charge in [0.2, 0.25) is 0 Å². The van der Waals surface area contributed by atoms with Gasteiger partial charge >= 0.3 is 5.97 Å². The van der Waals surface area contributed by atoms with E-state index < -0.39 is 5.97 Å². The first-order valence-electron chi connectivity index (χ1n) is 5.46. The van der Waals surface area contributed by atoms with E-state index in [1.165, 1.54) is 0 Å². The number of benzene rings is 1. The van der Waals surface area contributed by atoms with Crippen LogP contribution in [0.4, 0.5) is 0 Å². The third kappa shape index (κ3) is 7.74. The van der Waals surface area contributed by atoms with Gasteiger partial charge in [0.05, 0.1) is 6.42 Å². The van der Waals surface area contributed by atoms with Gasteiger partial charge in [-0.1, -0.05) is 52.0 Å². The molecule has 0 aliphatic rings. The van der Waals surface area contributed by atoms with Gasteiger partial charge in [-0.15, -0.1) is 0 Å². The average molecular weight is 210 g/mol. The van der Waals surface area contributed by atoms with Crippen molar-refractivity contribution >= 4 is 5.97 Å². The van der Waals surface area contributed by atoms with Gasteiger partial charge in [-0.3, -0.25) is 4.79 Å². The van der Waals surface area contributed by atoms with Crippen molar-refractivity contribution in [3.63, 3.8) is 0 Å². The van der Waals surface area contributed by atoms with Crippen LogP contribution in [-0.2, 0) is 11.2 Å². The fourth-order valence-corrected chi connectivity index (χ4v) is 0.971. The minimum absolute atomic E-state index is 0.118. The first-order chi connectivity index (χ1) is 7.20. The number of carboxylic acids is 1. The molecule has 0 spiro atoms. The van der Waals surface area contributed by atoms with Gasteiger partial charge in [-0.2, -0.15) is 0 Å². The molecule has 0 aliphatic carbocycles. The average Bonchev–Trinajstić information content (AvgIpc) is 2.27. The monoisotopic (exact) mass is 210 g/mol. The molecule has 0 saturated heterocycles. The molecule has 86 valence electrons. The Hall–Kier alpha value is -1.31. The van der Waals surface area contributed by atoms with Crippen molar-refractivity contribution in [2.24, 2.45) is 0 Å². The summed E-state index contributed by atoms with van der Waals surface area (Å²) in [5, 5.41) is 8.49. The molecular formula is C13H22O2. The van der Waals surface area contributed by atoms with Crippen LogP contribution in [0.25, 0.3) is 0 Å². The normalized spacial score (nSPS) is 7.80. The summed E-state index contributed by atoms with van der Waals surface area (Å²) in [6.07, 6.45) is 0.118. The molecule has 0 fully saturated rings. The highest BCUT2D eigenvalue weighted by molar-refractivity contribution is 5.70. The van der Waals surface area contributed by atoms with Crippen molar-refractivity contribution < 1.29 is 9.90 Å². The molecule has 0 bridgehead atoms. The second-order valence-electron chi connectivity index (χ2n) is 2.50. The second kappa shape index (κ2) is 10.8. The molecule has 2 nitrogen and oxygen atoms in total. The molecule has 1 rings (SSSR count). The summed E-state index contributed by atoms with van der Waals surface area (Å²) in [5.41, 5.74) is 1.93. The van der Waals surface area contributed by atoms with E-state index >= 15 is 0 Å². The van der Waals surface area contributed by atoms with E-state index in [-0.39, 0.29) is 6.42 Å². The first kappa shape index (κ1) is 16.1. The molecule has 0 aromatic heterocycles. The van der Waals surface area contributed by atoms with E-state index in [2.05, 4.69) is 0 Å². The van der Waals surface area contributed by atoms with Crippen molar-refractivity contribution in [2.75, 3.05) is 0 Å². The van der Waals surface area contributed by atoms with Crippen LogP contribution in [0.1, 0.15) is 38.8 Å². The highest BCUT2D eigenvalue weighted by Crippen LogP contribution is 2.06. The maximum absolute atomic E-state index is 10.3. The zero-order chi connectivity index (χ0) is 12.3. The third-order valence-corrected chi connectivity index (χ3v) is 1.60. The van der Waals surface area contributed by atoms with Crippen LogP contribution in [0.3, 0.4) is 0 Å². The van der Waals surface area contributed by atoms with E-state index in [0.29, 0.717) is 0 Å². The van der Waals surface area contributed by atoms with Crippen LogP contribution in [-0.4, -0.2) is 11.1 Å². The fourth-order valence-electron chi connectivity index (χ4n) is 0.971. The Balaban J connectivity index is 0. The number of aryl methyl sites for hydroxylation is 1. The van der Waals surface area contributed by atoms with E-state index in [1.54, 1.807) is 0 Å². The molecule has 0 atom stereocenters. The van der Waals surface area contributed by atoms with Gasteiger partial charge in [-0.05, 0) is 18.1 Å². The molecule has 0 amide bonds. The maximum Gasteiger partial charge on any atom is 0.307 e. The Morgan fingerprint density at radius 3 is 2.00 bits per heavy atom. The Labute approximate surface area is 93.0 Å². The minimum Gasteiger partial charge on any atom is -0.481 e. The molecule has 2 heteroatoms. The lowest BCUT2D eigenvalue weighted by molar-refractivity contribution is -0.136. The van der Waals surface area contributed by atoms with Crippen molar-refractivity contribution in [3.05, 3.63) is 35.4 Å².